The van der Waals surface area contributed by atoms with Crippen molar-refractivity contribution in [2.75, 3.05) is 32.2 Å². The lowest BCUT2D eigenvalue weighted by Gasteiger charge is -2.23. The summed E-state index contributed by atoms with van der Waals surface area (Å²) in [6.07, 6.45) is 2.15. The van der Waals surface area contributed by atoms with Gasteiger partial charge in [0.15, 0.2) is 0 Å². The van der Waals surface area contributed by atoms with E-state index in [1.54, 1.807) is 6.07 Å². The van der Waals surface area contributed by atoms with Crippen LogP contribution in [-0.4, -0.2) is 32.8 Å². The van der Waals surface area contributed by atoms with Gasteiger partial charge in [-0.3, -0.25) is 0 Å². The molecule has 0 spiro atoms. The minimum atomic E-state index is -0.540. The minimum absolute atomic E-state index is 0.222. The van der Waals surface area contributed by atoms with Crippen molar-refractivity contribution in [2.24, 2.45) is 5.92 Å². The molecule has 5 heteroatoms. The van der Waals surface area contributed by atoms with Crippen molar-refractivity contribution in [3.8, 4) is 0 Å². The van der Waals surface area contributed by atoms with Crippen molar-refractivity contribution in [3.05, 3.63) is 29.6 Å². The Morgan fingerprint density at radius 1 is 1.58 bits per heavy atom. The summed E-state index contributed by atoms with van der Waals surface area (Å²) in [4.78, 5) is 11.6. The number of methoxy groups -OCH3 is 1. The Bertz CT molecular complexity index is 444. The highest BCUT2D eigenvalue weighted by atomic mass is 19.1. The first-order valence-corrected chi connectivity index (χ1v) is 6.40. The lowest BCUT2D eigenvalue weighted by Crippen LogP contribution is -2.25. The Balaban J connectivity index is 2.04. The third kappa shape index (κ3) is 3.67. The Labute approximate surface area is 111 Å². The highest BCUT2D eigenvalue weighted by Crippen LogP contribution is 2.20. The molecule has 0 bridgehead atoms. The molecular weight excluding hydrogens is 249 g/mol. The molecule has 0 aromatic heterocycles. The van der Waals surface area contributed by atoms with Crippen LogP contribution >= 0.6 is 0 Å². The highest BCUT2D eigenvalue weighted by molar-refractivity contribution is 5.95. The van der Waals surface area contributed by atoms with E-state index in [0.717, 1.165) is 26.1 Å². The fraction of sp³-hybridized carbons (Fsp3) is 0.500. The predicted octanol–water partition coefficient (Wildman–Crippen LogP) is 2.45. The number of benzene rings is 1. The SMILES string of the molecule is COC(=O)c1cc(F)ccc1NCC1CCCOC1. The standard InChI is InChI=1S/C14H18FNO3/c1-18-14(17)12-7-11(15)4-5-13(12)16-8-10-3-2-6-19-9-10/h4-5,7,10,16H,2-3,6,8-9H2,1H3. The zero-order chi connectivity index (χ0) is 13.7. The second-order valence-corrected chi connectivity index (χ2v) is 4.65. The normalized spacial score (nSPS) is 18.9. The van der Waals surface area contributed by atoms with Crippen molar-refractivity contribution in [2.45, 2.75) is 12.8 Å². The van der Waals surface area contributed by atoms with Crippen LogP contribution in [0.3, 0.4) is 0 Å². The summed E-state index contributed by atoms with van der Waals surface area (Å²) in [7, 11) is 1.28. The molecule has 4 nitrogen and oxygen atoms in total. The van der Waals surface area contributed by atoms with Crippen molar-refractivity contribution in [1.82, 2.24) is 0 Å². The topological polar surface area (TPSA) is 47.6 Å². The number of hydrogen-bond acceptors (Lipinski definition) is 4. The quantitative estimate of drug-likeness (QED) is 0.851. The summed E-state index contributed by atoms with van der Waals surface area (Å²) in [5, 5.41) is 3.18. The maximum Gasteiger partial charge on any atom is 0.340 e. The largest absolute Gasteiger partial charge is 0.465 e. The molecule has 0 amide bonds. The molecule has 19 heavy (non-hydrogen) atoms. The Morgan fingerprint density at radius 3 is 3.11 bits per heavy atom. The minimum Gasteiger partial charge on any atom is -0.465 e. The zero-order valence-corrected chi connectivity index (χ0v) is 10.9. The number of rotatable bonds is 4. The van der Waals surface area contributed by atoms with Gasteiger partial charge in [-0.05, 0) is 37.0 Å². The lowest BCUT2D eigenvalue weighted by atomic mass is 10.0. The van der Waals surface area contributed by atoms with Crippen molar-refractivity contribution in [1.29, 1.82) is 0 Å². The summed E-state index contributed by atoms with van der Waals surface area (Å²) in [6, 6.07) is 4.07. The van der Waals surface area contributed by atoms with Crippen LogP contribution < -0.4 is 5.32 Å². The number of halogens is 1. The third-order valence-corrected chi connectivity index (χ3v) is 3.22. The molecule has 1 N–H and O–H groups in total. The van der Waals surface area contributed by atoms with Gasteiger partial charge in [-0.25, -0.2) is 9.18 Å². The summed E-state index contributed by atoms with van der Waals surface area (Å²) in [5.74, 6) is -0.571. The van der Waals surface area contributed by atoms with E-state index < -0.39 is 11.8 Å². The predicted molar refractivity (Wildman–Crippen MR) is 69.8 cm³/mol. The number of carbonyl (C=O) groups excluding carboxylic acids is 1. The monoisotopic (exact) mass is 267 g/mol. The van der Waals surface area contributed by atoms with Gasteiger partial charge in [-0.1, -0.05) is 0 Å². The van der Waals surface area contributed by atoms with Crippen molar-refractivity contribution < 1.29 is 18.7 Å². The number of ether oxygens (including phenoxy) is 2. The van der Waals surface area contributed by atoms with Gasteiger partial charge in [-0.2, -0.15) is 0 Å². The van der Waals surface area contributed by atoms with Gasteiger partial charge in [0.05, 0.1) is 19.3 Å². The number of carbonyl (C=O) groups is 1. The average molecular weight is 267 g/mol. The van der Waals surface area contributed by atoms with Crippen LogP contribution in [0.5, 0.6) is 0 Å². The molecule has 1 unspecified atom stereocenters. The first kappa shape index (κ1) is 13.8. The van der Waals surface area contributed by atoms with E-state index in [-0.39, 0.29) is 5.56 Å². The zero-order valence-electron chi connectivity index (χ0n) is 10.9. The number of hydrogen-bond donors (Lipinski definition) is 1. The molecule has 1 heterocycles. The van der Waals surface area contributed by atoms with Gasteiger partial charge in [0.25, 0.3) is 0 Å². The maximum absolute atomic E-state index is 13.2. The van der Waals surface area contributed by atoms with Gasteiger partial charge in [0, 0.05) is 18.8 Å². The highest BCUT2D eigenvalue weighted by Gasteiger charge is 2.16. The van der Waals surface area contributed by atoms with E-state index in [1.807, 2.05) is 0 Å². The average Bonchev–Trinajstić information content (AvgIpc) is 2.46. The van der Waals surface area contributed by atoms with Crippen LogP contribution in [0.15, 0.2) is 18.2 Å². The molecule has 1 aromatic rings. The van der Waals surface area contributed by atoms with E-state index >= 15 is 0 Å². The van der Waals surface area contributed by atoms with Crippen LogP contribution in [0.2, 0.25) is 0 Å². The molecular formula is C14H18FNO3. The lowest BCUT2D eigenvalue weighted by molar-refractivity contribution is 0.0592. The Hall–Kier alpha value is -1.62. The van der Waals surface area contributed by atoms with E-state index in [4.69, 9.17) is 4.74 Å². The molecule has 2 rings (SSSR count). The van der Waals surface area contributed by atoms with Crippen molar-refractivity contribution >= 4 is 11.7 Å². The molecule has 1 atom stereocenters. The molecule has 104 valence electrons. The van der Waals surface area contributed by atoms with Gasteiger partial charge in [0.1, 0.15) is 5.82 Å². The smallest absolute Gasteiger partial charge is 0.340 e. The first-order chi connectivity index (χ1) is 9.20. The maximum atomic E-state index is 13.2. The first-order valence-electron chi connectivity index (χ1n) is 6.40. The van der Waals surface area contributed by atoms with Gasteiger partial charge in [0.2, 0.25) is 0 Å². The third-order valence-electron chi connectivity index (χ3n) is 3.22. The summed E-state index contributed by atoms with van der Waals surface area (Å²) >= 11 is 0. The molecule has 0 aliphatic carbocycles. The number of anilines is 1. The fourth-order valence-electron chi connectivity index (χ4n) is 2.17. The van der Waals surface area contributed by atoms with Crippen LogP contribution in [0.4, 0.5) is 10.1 Å². The number of nitrogens with one attached hydrogen (secondary N) is 1. The molecule has 1 aromatic carbocycles. The van der Waals surface area contributed by atoms with E-state index in [0.29, 0.717) is 18.2 Å². The second kappa shape index (κ2) is 6.52. The van der Waals surface area contributed by atoms with Crippen LogP contribution in [0.1, 0.15) is 23.2 Å². The molecule has 1 fully saturated rings. The van der Waals surface area contributed by atoms with Gasteiger partial charge in [-0.15, -0.1) is 0 Å². The van der Waals surface area contributed by atoms with E-state index in [1.165, 1.54) is 19.2 Å². The summed E-state index contributed by atoms with van der Waals surface area (Å²) < 4.78 is 23.2. The molecule has 1 aliphatic heterocycles. The molecule has 1 saturated heterocycles. The van der Waals surface area contributed by atoms with Crippen LogP contribution in [0.25, 0.3) is 0 Å². The van der Waals surface area contributed by atoms with Crippen LogP contribution in [0, 0.1) is 11.7 Å². The molecule has 0 saturated carbocycles. The molecule has 0 radical (unpaired) electrons. The Morgan fingerprint density at radius 2 is 2.42 bits per heavy atom. The Kier molecular flexibility index (Phi) is 4.74. The van der Waals surface area contributed by atoms with E-state index in [2.05, 4.69) is 10.1 Å². The van der Waals surface area contributed by atoms with Gasteiger partial charge < -0.3 is 14.8 Å². The number of esters is 1. The second-order valence-electron chi connectivity index (χ2n) is 4.65. The molecule has 1 aliphatic rings. The van der Waals surface area contributed by atoms with E-state index in [9.17, 15) is 9.18 Å². The van der Waals surface area contributed by atoms with Crippen LogP contribution in [-0.2, 0) is 9.47 Å². The summed E-state index contributed by atoms with van der Waals surface area (Å²) in [6.45, 7) is 2.25. The fourth-order valence-corrected chi connectivity index (χ4v) is 2.17. The summed E-state index contributed by atoms with van der Waals surface area (Å²) in [5.41, 5.74) is 0.818. The van der Waals surface area contributed by atoms with Crippen molar-refractivity contribution in [3.63, 3.8) is 0 Å². The van der Waals surface area contributed by atoms with Gasteiger partial charge >= 0.3 is 5.97 Å².